The van der Waals surface area contributed by atoms with E-state index in [0.29, 0.717) is 46.1 Å². The first-order valence-electron chi connectivity index (χ1n) is 11.1. The highest BCUT2D eigenvalue weighted by Crippen LogP contribution is 2.28. The van der Waals surface area contributed by atoms with Crippen molar-refractivity contribution in [2.75, 3.05) is 6.61 Å². The predicted molar refractivity (Wildman–Crippen MR) is 128 cm³/mol. The molecule has 0 saturated heterocycles. The van der Waals surface area contributed by atoms with Crippen LogP contribution in [0.4, 0.5) is 4.39 Å². The molecule has 0 spiro atoms. The number of aromatic nitrogens is 3. The Labute approximate surface area is 200 Å². The summed E-state index contributed by atoms with van der Waals surface area (Å²) in [6, 6.07) is 18.6. The fraction of sp³-hybridized carbons (Fsp3) is 0.148. The number of benzene rings is 2. The number of halogens is 1. The van der Waals surface area contributed by atoms with Gasteiger partial charge in [-0.1, -0.05) is 12.1 Å². The van der Waals surface area contributed by atoms with Gasteiger partial charge in [0.15, 0.2) is 11.4 Å². The lowest BCUT2D eigenvalue weighted by Crippen LogP contribution is -2.07. The van der Waals surface area contributed by atoms with Crippen molar-refractivity contribution in [2.24, 2.45) is 0 Å². The van der Waals surface area contributed by atoms with Gasteiger partial charge in [0, 0.05) is 5.69 Å². The molecule has 0 aliphatic carbocycles. The van der Waals surface area contributed by atoms with Gasteiger partial charge >= 0.3 is 5.97 Å². The Balaban J connectivity index is 1.45. The molecule has 176 valence electrons. The number of fused-ring (bicyclic) bond motifs is 1. The van der Waals surface area contributed by atoms with Crippen molar-refractivity contribution < 1.29 is 23.1 Å². The van der Waals surface area contributed by atoms with Crippen molar-refractivity contribution in [3.05, 3.63) is 95.6 Å². The van der Waals surface area contributed by atoms with Crippen LogP contribution in [0.3, 0.4) is 0 Å². The SMILES string of the molecule is CCOC(=O)c1cc(-c2ccco2)nc2nn(Cc3ccc(Oc4ccc(F)cc4)cc3)c(C)c12. The summed E-state index contributed by atoms with van der Waals surface area (Å²) >= 11 is 0. The standard InChI is InChI=1S/C27H22FN3O4/c1-3-33-27(32)22-15-23(24-5-4-14-34-24)29-26-25(22)17(2)31(30-26)16-18-6-10-20(11-7-18)35-21-12-8-19(28)9-13-21/h4-15H,3,16H2,1-2H3. The van der Waals surface area contributed by atoms with Crippen LogP contribution in [0.2, 0.25) is 0 Å². The molecule has 0 amide bonds. The third-order valence-electron chi connectivity index (χ3n) is 5.54. The maximum absolute atomic E-state index is 13.1. The average molecular weight is 471 g/mol. The molecule has 7 nitrogen and oxygen atoms in total. The molecular formula is C27H22FN3O4. The molecule has 2 aromatic carbocycles. The number of hydrogen-bond donors (Lipinski definition) is 0. The summed E-state index contributed by atoms with van der Waals surface area (Å²) in [6.07, 6.45) is 1.55. The summed E-state index contributed by atoms with van der Waals surface area (Å²) in [4.78, 5) is 17.4. The van der Waals surface area contributed by atoms with E-state index in [1.54, 1.807) is 43.5 Å². The average Bonchev–Trinajstić information content (AvgIpc) is 3.50. The molecule has 0 radical (unpaired) electrons. The first-order chi connectivity index (χ1) is 17.0. The van der Waals surface area contributed by atoms with Gasteiger partial charge in [-0.15, -0.1) is 0 Å². The number of furan rings is 1. The number of carbonyl (C=O) groups is 1. The van der Waals surface area contributed by atoms with Crippen molar-refractivity contribution in [3.63, 3.8) is 0 Å². The summed E-state index contributed by atoms with van der Waals surface area (Å²) in [5.74, 6) is 0.987. The fourth-order valence-corrected chi connectivity index (χ4v) is 3.83. The second-order valence-electron chi connectivity index (χ2n) is 7.89. The second kappa shape index (κ2) is 9.42. The molecule has 0 atom stereocenters. The number of rotatable bonds is 7. The summed E-state index contributed by atoms with van der Waals surface area (Å²) in [6.45, 7) is 4.40. The maximum Gasteiger partial charge on any atom is 0.339 e. The van der Waals surface area contributed by atoms with Gasteiger partial charge in [-0.3, -0.25) is 4.68 Å². The zero-order valence-electron chi connectivity index (χ0n) is 19.2. The Morgan fingerprint density at radius 3 is 2.43 bits per heavy atom. The number of hydrogen-bond acceptors (Lipinski definition) is 6. The molecule has 5 aromatic rings. The third kappa shape index (κ3) is 4.63. The minimum absolute atomic E-state index is 0.262. The summed E-state index contributed by atoms with van der Waals surface area (Å²) < 4.78 is 31.4. The number of nitrogens with zero attached hydrogens (tertiary/aromatic N) is 3. The van der Waals surface area contributed by atoms with Gasteiger partial charge in [-0.05, 0) is 74.0 Å². The van der Waals surface area contributed by atoms with E-state index in [1.165, 1.54) is 12.1 Å². The van der Waals surface area contributed by atoms with E-state index >= 15 is 0 Å². The third-order valence-corrected chi connectivity index (χ3v) is 5.54. The first kappa shape index (κ1) is 22.3. The molecule has 0 bridgehead atoms. The largest absolute Gasteiger partial charge is 0.463 e. The second-order valence-corrected chi connectivity index (χ2v) is 7.89. The van der Waals surface area contributed by atoms with Gasteiger partial charge in [-0.2, -0.15) is 5.10 Å². The van der Waals surface area contributed by atoms with Crippen molar-refractivity contribution in [1.82, 2.24) is 14.8 Å². The van der Waals surface area contributed by atoms with Gasteiger partial charge in [0.2, 0.25) is 0 Å². The van der Waals surface area contributed by atoms with Crippen LogP contribution in [0.25, 0.3) is 22.5 Å². The highest BCUT2D eigenvalue weighted by Gasteiger charge is 2.21. The van der Waals surface area contributed by atoms with E-state index in [0.717, 1.165) is 11.3 Å². The van der Waals surface area contributed by atoms with Crippen molar-refractivity contribution in [3.8, 4) is 23.0 Å². The molecular weight excluding hydrogens is 449 g/mol. The van der Waals surface area contributed by atoms with Crippen LogP contribution in [-0.4, -0.2) is 27.3 Å². The van der Waals surface area contributed by atoms with E-state index in [-0.39, 0.29) is 12.4 Å². The highest BCUT2D eigenvalue weighted by molar-refractivity contribution is 6.04. The normalized spacial score (nSPS) is 11.1. The van der Waals surface area contributed by atoms with Crippen LogP contribution < -0.4 is 4.74 Å². The zero-order valence-corrected chi connectivity index (χ0v) is 19.2. The molecule has 3 heterocycles. The van der Waals surface area contributed by atoms with Crippen LogP contribution in [0.1, 0.15) is 28.5 Å². The minimum Gasteiger partial charge on any atom is -0.463 e. The van der Waals surface area contributed by atoms with E-state index in [9.17, 15) is 9.18 Å². The molecule has 0 fully saturated rings. The fourth-order valence-electron chi connectivity index (χ4n) is 3.83. The van der Waals surface area contributed by atoms with Crippen molar-refractivity contribution >= 4 is 17.0 Å². The van der Waals surface area contributed by atoms with Gasteiger partial charge in [-0.25, -0.2) is 14.2 Å². The Morgan fingerprint density at radius 2 is 1.77 bits per heavy atom. The summed E-state index contributed by atoms with van der Waals surface area (Å²) in [5, 5.41) is 5.32. The Hall–Kier alpha value is -4.46. The molecule has 0 saturated carbocycles. The lowest BCUT2D eigenvalue weighted by Gasteiger charge is -2.08. The Bertz CT molecular complexity index is 1470. The number of pyridine rings is 1. The van der Waals surface area contributed by atoms with Gasteiger partial charge in [0.25, 0.3) is 0 Å². The highest BCUT2D eigenvalue weighted by atomic mass is 19.1. The summed E-state index contributed by atoms with van der Waals surface area (Å²) in [7, 11) is 0. The van der Waals surface area contributed by atoms with Crippen molar-refractivity contribution in [2.45, 2.75) is 20.4 Å². The molecule has 0 N–H and O–H groups in total. The molecule has 0 aliphatic heterocycles. The smallest absolute Gasteiger partial charge is 0.339 e. The van der Waals surface area contributed by atoms with Crippen LogP contribution in [0, 0.1) is 12.7 Å². The maximum atomic E-state index is 13.1. The predicted octanol–water partition coefficient (Wildman–Crippen LogP) is 6.16. The van der Waals surface area contributed by atoms with Gasteiger partial charge in [0.05, 0.1) is 30.4 Å². The van der Waals surface area contributed by atoms with Gasteiger partial charge in [0.1, 0.15) is 23.0 Å². The van der Waals surface area contributed by atoms with E-state index in [2.05, 4.69) is 10.1 Å². The number of ether oxygens (including phenoxy) is 2. The lowest BCUT2D eigenvalue weighted by molar-refractivity contribution is 0.0528. The Morgan fingerprint density at radius 1 is 1.06 bits per heavy atom. The Kier molecular flexibility index (Phi) is 6.01. The van der Waals surface area contributed by atoms with E-state index in [4.69, 9.17) is 13.9 Å². The van der Waals surface area contributed by atoms with Crippen LogP contribution in [0.15, 0.2) is 77.4 Å². The molecule has 35 heavy (non-hydrogen) atoms. The summed E-state index contributed by atoms with van der Waals surface area (Å²) in [5.41, 5.74) is 3.13. The zero-order chi connectivity index (χ0) is 24.4. The molecule has 3 aromatic heterocycles. The number of esters is 1. The molecule has 5 rings (SSSR count). The van der Waals surface area contributed by atoms with Crippen molar-refractivity contribution in [1.29, 1.82) is 0 Å². The van der Waals surface area contributed by atoms with Gasteiger partial charge < -0.3 is 13.9 Å². The van der Waals surface area contributed by atoms with Crippen LogP contribution in [-0.2, 0) is 11.3 Å². The quantitative estimate of drug-likeness (QED) is 0.265. The number of aryl methyl sites for hydroxylation is 1. The number of carbonyl (C=O) groups excluding carboxylic acids is 1. The molecule has 8 heteroatoms. The molecule has 0 unspecified atom stereocenters. The van der Waals surface area contributed by atoms with E-state index in [1.807, 2.05) is 35.9 Å². The van der Waals surface area contributed by atoms with Crippen LogP contribution >= 0.6 is 0 Å². The van der Waals surface area contributed by atoms with E-state index < -0.39 is 5.97 Å². The topological polar surface area (TPSA) is 79.4 Å². The monoisotopic (exact) mass is 471 g/mol. The first-order valence-corrected chi connectivity index (χ1v) is 11.1. The minimum atomic E-state index is -0.433. The van der Waals surface area contributed by atoms with Crippen LogP contribution in [0.5, 0.6) is 11.5 Å². The molecule has 0 aliphatic rings. The lowest BCUT2D eigenvalue weighted by atomic mass is 10.1.